The maximum Gasteiger partial charge on any atom is 0.254 e. The highest BCUT2D eigenvalue weighted by atomic mass is 16.2. The lowest BCUT2D eigenvalue weighted by atomic mass is 9.92. The van der Waals surface area contributed by atoms with Crippen molar-refractivity contribution in [1.82, 2.24) is 29.5 Å². The number of piperazine rings is 1. The average Bonchev–Trinajstić information content (AvgIpc) is 3.00. The molecule has 2 amide bonds. The molecule has 0 bridgehead atoms. The van der Waals surface area contributed by atoms with Gasteiger partial charge in [-0.25, -0.2) is 4.98 Å². The summed E-state index contributed by atoms with van der Waals surface area (Å²) in [7, 11) is 1.86. The highest BCUT2D eigenvalue weighted by Crippen LogP contribution is 2.24. The molecule has 0 saturated carbocycles. The van der Waals surface area contributed by atoms with Crippen LogP contribution in [0.15, 0.2) is 6.07 Å². The molecule has 0 aromatic carbocycles. The van der Waals surface area contributed by atoms with Gasteiger partial charge in [0.15, 0.2) is 5.65 Å². The fraction of sp³-hybridized carbons (Fsp3) is 0.652. The predicted molar refractivity (Wildman–Crippen MR) is 120 cm³/mol. The van der Waals surface area contributed by atoms with E-state index in [1.165, 1.54) is 6.42 Å². The number of nitrogens with zero attached hydrogens (tertiary/aromatic N) is 6. The maximum atomic E-state index is 13.3. The first-order chi connectivity index (χ1) is 14.7. The molecule has 0 aliphatic carbocycles. The van der Waals surface area contributed by atoms with Crippen molar-refractivity contribution in [3.05, 3.63) is 23.0 Å². The summed E-state index contributed by atoms with van der Waals surface area (Å²) in [5.74, 6) is 1.38. The molecule has 2 aliphatic heterocycles. The molecule has 2 atom stereocenters. The van der Waals surface area contributed by atoms with E-state index in [9.17, 15) is 9.59 Å². The van der Waals surface area contributed by atoms with E-state index in [2.05, 4.69) is 28.8 Å². The summed E-state index contributed by atoms with van der Waals surface area (Å²) >= 11 is 0. The van der Waals surface area contributed by atoms with Gasteiger partial charge in [0.1, 0.15) is 0 Å². The van der Waals surface area contributed by atoms with Gasteiger partial charge in [0.2, 0.25) is 5.91 Å². The topological polar surface area (TPSA) is 74.6 Å². The second-order valence-corrected chi connectivity index (χ2v) is 9.53. The molecular formula is C23H34N6O2. The van der Waals surface area contributed by atoms with Crippen molar-refractivity contribution < 1.29 is 9.59 Å². The van der Waals surface area contributed by atoms with E-state index in [1.807, 2.05) is 36.8 Å². The first-order valence-electron chi connectivity index (χ1n) is 11.3. The van der Waals surface area contributed by atoms with E-state index in [0.29, 0.717) is 37.0 Å². The number of amides is 2. The van der Waals surface area contributed by atoms with Crippen molar-refractivity contribution in [2.24, 2.45) is 18.9 Å². The van der Waals surface area contributed by atoms with Crippen LogP contribution in [-0.4, -0.2) is 87.1 Å². The quantitative estimate of drug-likeness (QED) is 0.749. The largest absolute Gasteiger partial charge is 0.341 e. The maximum absolute atomic E-state index is 13.3. The van der Waals surface area contributed by atoms with Crippen LogP contribution in [0.25, 0.3) is 11.0 Å². The fourth-order valence-electron chi connectivity index (χ4n) is 5.18. The fourth-order valence-corrected chi connectivity index (χ4v) is 5.18. The molecule has 2 fully saturated rings. The number of rotatable bonds is 3. The Labute approximate surface area is 184 Å². The van der Waals surface area contributed by atoms with Crippen LogP contribution in [0.2, 0.25) is 0 Å². The zero-order valence-electron chi connectivity index (χ0n) is 19.4. The number of aryl methyl sites for hydroxylation is 3. The lowest BCUT2D eigenvalue weighted by molar-refractivity contribution is -0.135. The van der Waals surface area contributed by atoms with E-state index in [-0.39, 0.29) is 11.8 Å². The van der Waals surface area contributed by atoms with Gasteiger partial charge in [-0.3, -0.25) is 19.2 Å². The highest BCUT2D eigenvalue weighted by Gasteiger charge is 2.29. The molecule has 31 heavy (non-hydrogen) atoms. The third-order valence-corrected chi connectivity index (χ3v) is 6.57. The Balaban J connectivity index is 1.40. The van der Waals surface area contributed by atoms with Crippen LogP contribution >= 0.6 is 0 Å². The van der Waals surface area contributed by atoms with Crippen LogP contribution in [0.3, 0.4) is 0 Å². The Morgan fingerprint density at radius 3 is 2.32 bits per heavy atom. The molecule has 2 aromatic heterocycles. The van der Waals surface area contributed by atoms with Gasteiger partial charge in [-0.15, -0.1) is 0 Å². The Morgan fingerprint density at radius 1 is 1.03 bits per heavy atom. The van der Waals surface area contributed by atoms with Crippen molar-refractivity contribution >= 4 is 22.8 Å². The number of pyridine rings is 1. The van der Waals surface area contributed by atoms with Gasteiger partial charge in [-0.05, 0) is 38.2 Å². The molecule has 4 heterocycles. The monoisotopic (exact) mass is 426 g/mol. The van der Waals surface area contributed by atoms with Crippen molar-refractivity contribution in [2.75, 3.05) is 45.8 Å². The molecule has 2 unspecified atom stereocenters. The number of fused-ring (bicyclic) bond motifs is 1. The van der Waals surface area contributed by atoms with E-state index in [4.69, 9.17) is 0 Å². The predicted octanol–water partition coefficient (Wildman–Crippen LogP) is 1.85. The first kappa shape index (κ1) is 21.7. The van der Waals surface area contributed by atoms with Gasteiger partial charge >= 0.3 is 0 Å². The number of hydrogen-bond donors (Lipinski definition) is 0. The Kier molecular flexibility index (Phi) is 6.01. The summed E-state index contributed by atoms with van der Waals surface area (Å²) in [4.78, 5) is 36.8. The molecule has 168 valence electrons. The SMILES string of the molecule is Cc1cc(C(=O)N2CCN(CC(=O)N3CC(C)CC(C)C3)CC2)c2c(C)nn(C)c2n1. The van der Waals surface area contributed by atoms with Crippen molar-refractivity contribution in [2.45, 2.75) is 34.1 Å². The molecule has 0 spiro atoms. The number of likely N-dealkylation sites (tertiary alicyclic amines) is 1. The van der Waals surface area contributed by atoms with Crippen LogP contribution in [-0.2, 0) is 11.8 Å². The minimum atomic E-state index is 0.0243. The second-order valence-electron chi connectivity index (χ2n) is 9.53. The molecule has 0 radical (unpaired) electrons. The molecule has 2 aliphatic rings. The van der Waals surface area contributed by atoms with Crippen molar-refractivity contribution in [3.63, 3.8) is 0 Å². The van der Waals surface area contributed by atoms with E-state index in [1.54, 1.807) is 4.68 Å². The van der Waals surface area contributed by atoms with Gasteiger partial charge in [-0.2, -0.15) is 5.10 Å². The standard InChI is InChI=1S/C23H34N6O2/c1-15-10-16(2)13-29(12-15)20(30)14-27-6-8-28(9-7-27)23(31)19-11-17(3)24-22-21(19)18(4)25-26(22)5/h11,15-16H,6-10,12-14H2,1-5H3. The molecule has 2 saturated heterocycles. The highest BCUT2D eigenvalue weighted by molar-refractivity contribution is 6.06. The molecule has 4 rings (SSSR count). The van der Waals surface area contributed by atoms with Gasteiger partial charge in [0.25, 0.3) is 5.91 Å². The Hall–Kier alpha value is -2.48. The second kappa shape index (κ2) is 8.57. The third-order valence-electron chi connectivity index (χ3n) is 6.57. The summed E-state index contributed by atoms with van der Waals surface area (Å²) in [6.45, 7) is 13.1. The Bertz CT molecular complexity index is 982. The zero-order valence-corrected chi connectivity index (χ0v) is 19.4. The smallest absolute Gasteiger partial charge is 0.254 e. The summed E-state index contributed by atoms with van der Waals surface area (Å²) in [5, 5.41) is 5.29. The lowest BCUT2D eigenvalue weighted by Gasteiger charge is -2.38. The van der Waals surface area contributed by atoms with Crippen LogP contribution in [0.4, 0.5) is 0 Å². The molecular weight excluding hydrogens is 392 g/mol. The molecule has 8 nitrogen and oxygen atoms in total. The van der Waals surface area contributed by atoms with Gasteiger partial charge in [-0.1, -0.05) is 13.8 Å². The molecule has 2 aromatic rings. The van der Waals surface area contributed by atoms with Crippen LogP contribution < -0.4 is 0 Å². The number of piperidine rings is 1. The van der Waals surface area contributed by atoms with Crippen molar-refractivity contribution in [3.8, 4) is 0 Å². The van der Waals surface area contributed by atoms with Gasteiger partial charge in [0, 0.05) is 52.0 Å². The Morgan fingerprint density at radius 2 is 1.68 bits per heavy atom. The van der Waals surface area contributed by atoms with Crippen LogP contribution in [0.1, 0.15) is 42.0 Å². The van der Waals surface area contributed by atoms with E-state index in [0.717, 1.165) is 48.6 Å². The lowest BCUT2D eigenvalue weighted by Crippen LogP contribution is -2.53. The molecule has 0 N–H and O–H groups in total. The minimum absolute atomic E-state index is 0.0243. The van der Waals surface area contributed by atoms with E-state index < -0.39 is 0 Å². The zero-order chi connectivity index (χ0) is 22.3. The minimum Gasteiger partial charge on any atom is -0.341 e. The summed E-state index contributed by atoms with van der Waals surface area (Å²) in [6, 6.07) is 1.87. The third kappa shape index (κ3) is 4.44. The first-order valence-corrected chi connectivity index (χ1v) is 11.3. The number of hydrogen-bond acceptors (Lipinski definition) is 5. The van der Waals surface area contributed by atoms with Crippen LogP contribution in [0, 0.1) is 25.7 Å². The summed E-state index contributed by atoms with van der Waals surface area (Å²) < 4.78 is 1.74. The van der Waals surface area contributed by atoms with Gasteiger partial charge in [0.05, 0.1) is 23.2 Å². The van der Waals surface area contributed by atoms with Gasteiger partial charge < -0.3 is 9.80 Å². The van der Waals surface area contributed by atoms with E-state index >= 15 is 0 Å². The average molecular weight is 427 g/mol. The number of aromatic nitrogens is 3. The number of carbonyl (C=O) groups excluding carboxylic acids is 2. The summed E-state index contributed by atoms with van der Waals surface area (Å²) in [5.41, 5.74) is 3.06. The summed E-state index contributed by atoms with van der Waals surface area (Å²) in [6.07, 6.45) is 1.20. The normalized spacial score (nSPS) is 22.9. The number of carbonyl (C=O) groups is 2. The van der Waals surface area contributed by atoms with Crippen molar-refractivity contribution in [1.29, 1.82) is 0 Å². The van der Waals surface area contributed by atoms with Crippen LogP contribution in [0.5, 0.6) is 0 Å². The molecule has 8 heteroatoms.